The van der Waals surface area contributed by atoms with Crippen LogP contribution in [0.25, 0.3) is 21.5 Å². The van der Waals surface area contributed by atoms with Crippen molar-refractivity contribution in [2.75, 3.05) is 0 Å². The minimum Gasteiger partial charge on any atom is -0.464 e. The maximum atomic E-state index is 12.5. The van der Waals surface area contributed by atoms with E-state index in [-0.39, 0.29) is 5.56 Å². The fourth-order valence-electron chi connectivity index (χ4n) is 2.29. The van der Waals surface area contributed by atoms with Crippen LogP contribution in [-0.2, 0) is 5.75 Å². The third-order valence-corrected chi connectivity index (χ3v) is 5.66. The molecule has 0 saturated heterocycles. The van der Waals surface area contributed by atoms with Gasteiger partial charge in [-0.2, -0.15) is 0 Å². The summed E-state index contributed by atoms with van der Waals surface area (Å²) in [5, 5.41) is 3.74. The van der Waals surface area contributed by atoms with Gasteiger partial charge < -0.3 is 9.40 Å². The Kier molecular flexibility index (Phi) is 4.13. The van der Waals surface area contributed by atoms with Crippen molar-refractivity contribution >= 4 is 44.9 Å². The smallest absolute Gasteiger partial charge is 0.260 e. The van der Waals surface area contributed by atoms with E-state index in [0.29, 0.717) is 37.6 Å². The van der Waals surface area contributed by atoms with Gasteiger partial charge in [-0.1, -0.05) is 23.4 Å². The molecular weight excluding hydrogens is 366 g/mol. The predicted octanol–water partition coefficient (Wildman–Crippen LogP) is 4.59. The monoisotopic (exact) mass is 375 g/mol. The molecule has 5 nitrogen and oxygen atoms in total. The van der Waals surface area contributed by atoms with Crippen LogP contribution < -0.4 is 5.56 Å². The van der Waals surface area contributed by atoms with Crippen molar-refractivity contribution in [2.24, 2.45) is 0 Å². The Labute approximate surface area is 149 Å². The van der Waals surface area contributed by atoms with E-state index in [2.05, 4.69) is 15.0 Å². The van der Waals surface area contributed by atoms with E-state index < -0.39 is 0 Å². The van der Waals surface area contributed by atoms with Crippen LogP contribution in [0.2, 0.25) is 5.02 Å². The third-order valence-electron chi connectivity index (χ3n) is 3.35. The molecule has 0 atom stereocenters. The highest BCUT2D eigenvalue weighted by atomic mass is 35.5. The number of aromatic nitrogens is 3. The van der Waals surface area contributed by atoms with Crippen LogP contribution in [0, 0.1) is 0 Å². The van der Waals surface area contributed by atoms with Crippen molar-refractivity contribution in [1.82, 2.24) is 15.0 Å². The topological polar surface area (TPSA) is 71.8 Å². The summed E-state index contributed by atoms with van der Waals surface area (Å²) < 4.78 is 5.39. The fraction of sp³-hybridized carbons (Fsp3) is 0.0625. The molecule has 0 unspecified atom stereocenters. The Hall–Kier alpha value is -2.09. The summed E-state index contributed by atoms with van der Waals surface area (Å²) >= 11 is 8.95. The number of aromatic amines is 1. The Morgan fingerprint density at radius 1 is 1.33 bits per heavy atom. The standard InChI is InChI=1S/C16H10ClN3O2S2/c17-10-3-1-5-18-15(10)24-8-12-19-14(21)13-9(7-23-16(13)20-12)11-4-2-6-22-11/h1-7H,8H2,(H,19,20,21). The molecule has 0 saturated carbocycles. The van der Waals surface area contributed by atoms with Crippen molar-refractivity contribution in [2.45, 2.75) is 10.8 Å². The minimum absolute atomic E-state index is 0.171. The SMILES string of the molecule is O=c1[nH]c(CSc2ncccc2Cl)nc2scc(-c3ccco3)c12. The van der Waals surface area contributed by atoms with E-state index in [1.54, 1.807) is 30.7 Å². The van der Waals surface area contributed by atoms with E-state index in [0.717, 1.165) is 5.56 Å². The molecule has 0 radical (unpaired) electrons. The summed E-state index contributed by atoms with van der Waals surface area (Å²) in [5.74, 6) is 1.73. The minimum atomic E-state index is -0.171. The van der Waals surface area contributed by atoms with Crippen LogP contribution in [-0.4, -0.2) is 15.0 Å². The Balaban J connectivity index is 1.67. The normalized spacial score (nSPS) is 11.2. The van der Waals surface area contributed by atoms with Gasteiger partial charge in [0.2, 0.25) is 0 Å². The average Bonchev–Trinajstić information content (AvgIpc) is 3.23. The summed E-state index contributed by atoms with van der Waals surface area (Å²) in [7, 11) is 0. The second kappa shape index (κ2) is 6.43. The molecule has 0 bridgehead atoms. The fourth-order valence-corrected chi connectivity index (χ4v) is 4.27. The van der Waals surface area contributed by atoms with E-state index in [4.69, 9.17) is 16.0 Å². The summed E-state index contributed by atoms with van der Waals surface area (Å²) in [4.78, 5) is 24.8. The summed E-state index contributed by atoms with van der Waals surface area (Å²) in [5.41, 5.74) is 0.594. The first-order valence-corrected chi connectivity index (χ1v) is 9.24. The predicted molar refractivity (Wildman–Crippen MR) is 96.8 cm³/mol. The van der Waals surface area contributed by atoms with Crippen molar-refractivity contribution in [3.8, 4) is 11.3 Å². The van der Waals surface area contributed by atoms with Gasteiger partial charge in [0.1, 0.15) is 21.4 Å². The first kappa shape index (κ1) is 15.4. The molecule has 4 rings (SSSR count). The number of pyridine rings is 1. The van der Waals surface area contributed by atoms with Crippen LogP contribution >= 0.6 is 34.7 Å². The van der Waals surface area contributed by atoms with Crippen LogP contribution in [0.3, 0.4) is 0 Å². The van der Waals surface area contributed by atoms with Gasteiger partial charge in [0.05, 0.1) is 22.4 Å². The molecular formula is C16H10ClN3O2S2. The molecule has 120 valence electrons. The quantitative estimate of drug-likeness (QED) is 0.528. The number of nitrogens with zero attached hydrogens (tertiary/aromatic N) is 2. The van der Waals surface area contributed by atoms with Crippen molar-refractivity contribution < 1.29 is 4.42 Å². The maximum Gasteiger partial charge on any atom is 0.260 e. The summed E-state index contributed by atoms with van der Waals surface area (Å²) in [6.45, 7) is 0. The Bertz CT molecular complexity index is 1060. The molecule has 24 heavy (non-hydrogen) atoms. The number of halogens is 1. The number of fused-ring (bicyclic) bond motifs is 1. The molecule has 0 aliphatic heterocycles. The van der Waals surface area contributed by atoms with Gasteiger partial charge >= 0.3 is 0 Å². The first-order valence-electron chi connectivity index (χ1n) is 7.00. The highest BCUT2D eigenvalue weighted by Gasteiger charge is 2.15. The van der Waals surface area contributed by atoms with Gasteiger partial charge in [0.25, 0.3) is 5.56 Å². The molecule has 0 aliphatic carbocycles. The number of furan rings is 1. The lowest BCUT2D eigenvalue weighted by atomic mass is 10.2. The Morgan fingerprint density at radius 2 is 2.25 bits per heavy atom. The van der Waals surface area contributed by atoms with Crippen LogP contribution in [0.4, 0.5) is 0 Å². The average molecular weight is 376 g/mol. The summed E-state index contributed by atoms with van der Waals surface area (Å²) in [6, 6.07) is 7.18. The molecule has 1 N–H and O–H groups in total. The molecule has 4 aromatic rings. The number of hydrogen-bond acceptors (Lipinski definition) is 6. The van der Waals surface area contributed by atoms with E-state index in [1.165, 1.54) is 23.1 Å². The summed E-state index contributed by atoms with van der Waals surface area (Å²) in [6.07, 6.45) is 3.27. The number of rotatable bonds is 4. The zero-order chi connectivity index (χ0) is 16.5. The number of nitrogens with one attached hydrogen (secondary N) is 1. The zero-order valence-electron chi connectivity index (χ0n) is 12.2. The van der Waals surface area contributed by atoms with Crippen LogP contribution in [0.1, 0.15) is 5.82 Å². The number of H-pyrrole nitrogens is 1. The molecule has 0 amide bonds. The highest BCUT2D eigenvalue weighted by molar-refractivity contribution is 7.98. The van der Waals surface area contributed by atoms with Crippen LogP contribution in [0.5, 0.6) is 0 Å². The molecule has 4 aromatic heterocycles. The largest absolute Gasteiger partial charge is 0.464 e. The van der Waals surface area contributed by atoms with Gasteiger partial charge in [-0.3, -0.25) is 4.79 Å². The number of thiophene rings is 1. The third kappa shape index (κ3) is 2.86. The van der Waals surface area contributed by atoms with Gasteiger partial charge in [0, 0.05) is 17.1 Å². The zero-order valence-corrected chi connectivity index (χ0v) is 14.5. The molecule has 4 heterocycles. The van der Waals surface area contributed by atoms with E-state index in [1.807, 2.05) is 11.4 Å². The second-order valence-electron chi connectivity index (χ2n) is 4.90. The number of thioether (sulfide) groups is 1. The highest BCUT2D eigenvalue weighted by Crippen LogP contribution is 2.32. The lowest BCUT2D eigenvalue weighted by molar-refractivity contribution is 0.583. The van der Waals surface area contributed by atoms with Crippen molar-refractivity contribution in [1.29, 1.82) is 0 Å². The molecule has 0 aliphatic rings. The Morgan fingerprint density at radius 3 is 3.04 bits per heavy atom. The molecule has 0 aromatic carbocycles. The van der Waals surface area contributed by atoms with Gasteiger partial charge in [-0.05, 0) is 24.3 Å². The van der Waals surface area contributed by atoms with Gasteiger partial charge in [-0.25, -0.2) is 9.97 Å². The maximum absolute atomic E-state index is 12.5. The molecule has 0 spiro atoms. The van der Waals surface area contributed by atoms with E-state index in [9.17, 15) is 4.79 Å². The second-order valence-corrected chi connectivity index (χ2v) is 7.13. The van der Waals surface area contributed by atoms with Gasteiger partial charge in [-0.15, -0.1) is 11.3 Å². The molecule has 8 heteroatoms. The van der Waals surface area contributed by atoms with Crippen molar-refractivity contribution in [3.05, 3.63) is 63.3 Å². The lowest BCUT2D eigenvalue weighted by Crippen LogP contribution is -2.10. The lowest BCUT2D eigenvalue weighted by Gasteiger charge is -2.03. The van der Waals surface area contributed by atoms with Crippen molar-refractivity contribution in [3.63, 3.8) is 0 Å². The van der Waals surface area contributed by atoms with Gasteiger partial charge in [0.15, 0.2) is 0 Å². The molecule has 0 fully saturated rings. The van der Waals surface area contributed by atoms with E-state index >= 15 is 0 Å². The first-order chi connectivity index (χ1) is 11.7. The van der Waals surface area contributed by atoms with Crippen LogP contribution in [0.15, 0.2) is 56.3 Å². The number of hydrogen-bond donors (Lipinski definition) is 1.